The first-order valence-electron chi connectivity index (χ1n) is 6.61. The molecule has 1 amide bonds. The van der Waals surface area contributed by atoms with Crippen LogP contribution >= 0.6 is 0 Å². The Balaban J connectivity index is 2.08. The maximum absolute atomic E-state index is 11.9. The van der Waals surface area contributed by atoms with E-state index < -0.39 is 0 Å². The average Bonchev–Trinajstić information content (AvgIpc) is 2.78. The van der Waals surface area contributed by atoms with Gasteiger partial charge in [0.1, 0.15) is 0 Å². The van der Waals surface area contributed by atoms with Gasteiger partial charge in [-0.05, 0) is 25.0 Å². The summed E-state index contributed by atoms with van der Waals surface area (Å²) in [4.78, 5) is 17.4. The number of aromatic amines is 1. The lowest BCUT2D eigenvalue weighted by molar-refractivity contribution is -0.133. The number of carbonyl (C=O) groups excluding carboxylic acids is 1. The molecule has 2 aromatic rings. The predicted molar refractivity (Wildman–Crippen MR) is 72.4 cm³/mol. The van der Waals surface area contributed by atoms with Crippen LogP contribution in [0, 0.1) is 0 Å². The molecule has 3 nitrogen and oxygen atoms in total. The number of carbonyl (C=O) groups is 1. The minimum absolute atomic E-state index is 0.161. The average molecular weight is 242 g/mol. The van der Waals surface area contributed by atoms with Crippen molar-refractivity contribution in [2.24, 2.45) is 0 Å². The summed E-state index contributed by atoms with van der Waals surface area (Å²) < 4.78 is 0. The predicted octanol–water partition coefficient (Wildman–Crippen LogP) is 3.02. The number of nitrogens with one attached hydrogen (secondary N) is 1. The van der Waals surface area contributed by atoms with Gasteiger partial charge in [0, 0.05) is 29.6 Å². The minimum Gasteiger partial charge on any atom is -0.356 e. The maximum Gasteiger partial charge on any atom is 0.222 e. The van der Waals surface area contributed by atoms with Crippen LogP contribution in [-0.4, -0.2) is 22.3 Å². The van der Waals surface area contributed by atoms with Crippen molar-refractivity contribution in [3.8, 4) is 0 Å². The topological polar surface area (TPSA) is 36.1 Å². The molecule has 1 aliphatic heterocycles. The van der Waals surface area contributed by atoms with Crippen molar-refractivity contribution in [3.05, 3.63) is 35.5 Å². The highest BCUT2D eigenvalue weighted by molar-refractivity contribution is 5.86. The van der Waals surface area contributed by atoms with E-state index in [9.17, 15) is 4.79 Å². The number of H-pyrrole nitrogens is 1. The highest BCUT2D eigenvalue weighted by atomic mass is 16.2. The van der Waals surface area contributed by atoms with Crippen molar-refractivity contribution >= 4 is 16.8 Å². The van der Waals surface area contributed by atoms with Crippen molar-refractivity contribution in [1.29, 1.82) is 0 Å². The summed E-state index contributed by atoms with van der Waals surface area (Å²) in [6.07, 6.45) is 1.54. The second-order valence-electron chi connectivity index (χ2n) is 4.93. The number of amides is 1. The van der Waals surface area contributed by atoms with Crippen LogP contribution in [0.2, 0.25) is 0 Å². The largest absolute Gasteiger partial charge is 0.356 e. The normalized spacial score (nSPS) is 19.0. The van der Waals surface area contributed by atoms with Gasteiger partial charge < -0.3 is 9.88 Å². The molecular weight excluding hydrogens is 224 g/mol. The zero-order valence-corrected chi connectivity index (χ0v) is 10.9. The van der Waals surface area contributed by atoms with E-state index in [4.69, 9.17) is 0 Å². The minimum atomic E-state index is 0.161. The molecular formula is C15H18N2O. The standard InChI is InChI=1S/C15H18N2O/c1-3-14(18)17-9-8-12-11-6-4-5-7-13(11)16-15(12)10(17)2/h4-7,10,16H,3,8-9H2,1-2H3/t10-/m1/s1. The summed E-state index contributed by atoms with van der Waals surface area (Å²) in [7, 11) is 0. The van der Waals surface area contributed by atoms with Crippen molar-refractivity contribution < 1.29 is 4.79 Å². The molecule has 0 fully saturated rings. The number of aromatic nitrogens is 1. The molecule has 1 aromatic heterocycles. The van der Waals surface area contributed by atoms with E-state index in [0.717, 1.165) is 13.0 Å². The monoisotopic (exact) mass is 242 g/mol. The highest BCUT2D eigenvalue weighted by Crippen LogP contribution is 2.34. The van der Waals surface area contributed by atoms with E-state index in [-0.39, 0.29) is 11.9 Å². The van der Waals surface area contributed by atoms with Crippen molar-refractivity contribution in [1.82, 2.24) is 9.88 Å². The van der Waals surface area contributed by atoms with E-state index in [1.165, 1.54) is 22.2 Å². The van der Waals surface area contributed by atoms with Gasteiger partial charge in [0.15, 0.2) is 0 Å². The van der Waals surface area contributed by atoms with Crippen LogP contribution in [-0.2, 0) is 11.2 Å². The van der Waals surface area contributed by atoms with Gasteiger partial charge in [-0.1, -0.05) is 25.1 Å². The lowest BCUT2D eigenvalue weighted by Gasteiger charge is -2.33. The quantitative estimate of drug-likeness (QED) is 0.819. The molecule has 0 saturated carbocycles. The van der Waals surface area contributed by atoms with Crippen LogP contribution in [0.5, 0.6) is 0 Å². The van der Waals surface area contributed by atoms with E-state index in [1.807, 2.05) is 17.9 Å². The second kappa shape index (κ2) is 4.16. The third-order valence-electron chi connectivity index (χ3n) is 3.96. The zero-order valence-electron chi connectivity index (χ0n) is 10.9. The maximum atomic E-state index is 11.9. The molecule has 3 heteroatoms. The van der Waals surface area contributed by atoms with Gasteiger partial charge >= 0.3 is 0 Å². The number of para-hydroxylation sites is 1. The lowest BCUT2D eigenvalue weighted by atomic mass is 9.98. The fourth-order valence-corrected chi connectivity index (χ4v) is 2.97. The van der Waals surface area contributed by atoms with Gasteiger partial charge in [0.05, 0.1) is 6.04 Å². The van der Waals surface area contributed by atoms with Crippen LogP contribution in [0.4, 0.5) is 0 Å². The first-order chi connectivity index (χ1) is 8.72. The summed E-state index contributed by atoms with van der Waals surface area (Å²) in [5.74, 6) is 0.242. The number of hydrogen-bond donors (Lipinski definition) is 1. The molecule has 1 N–H and O–H groups in total. The molecule has 3 rings (SSSR count). The number of benzene rings is 1. The molecule has 0 bridgehead atoms. The fourth-order valence-electron chi connectivity index (χ4n) is 2.97. The van der Waals surface area contributed by atoms with Gasteiger partial charge in [-0.25, -0.2) is 0 Å². The van der Waals surface area contributed by atoms with Gasteiger partial charge in [-0.2, -0.15) is 0 Å². The first-order valence-corrected chi connectivity index (χ1v) is 6.61. The van der Waals surface area contributed by atoms with E-state index in [1.54, 1.807) is 0 Å². The molecule has 0 aliphatic carbocycles. The van der Waals surface area contributed by atoms with Gasteiger partial charge in [-0.3, -0.25) is 4.79 Å². The Morgan fingerprint density at radius 1 is 1.44 bits per heavy atom. The Morgan fingerprint density at radius 3 is 3.00 bits per heavy atom. The fraction of sp³-hybridized carbons (Fsp3) is 0.400. The van der Waals surface area contributed by atoms with E-state index >= 15 is 0 Å². The molecule has 0 saturated heterocycles. The Labute approximate surface area is 107 Å². The number of rotatable bonds is 1. The molecule has 1 aromatic carbocycles. The smallest absolute Gasteiger partial charge is 0.222 e. The van der Waals surface area contributed by atoms with Gasteiger partial charge in [0.25, 0.3) is 0 Å². The van der Waals surface area contributed by atoms with Crippen LogP contribution < -0.4 is 0 Å². The summed E-state index contributed by atoms with van der Waals surface area (Å²) >= 11 is 0. The van der Waals surface area contributed by atoms with Crippen molar-refractivity contribution in [3.63, 3.8) is 0 Å². The third-order valence-corrected chi connectivity index (χ3v) is 3.96. The molecule has 1 aliphatic rings. The zero-order chi connectivity index (χ0) is 12.7. The summed E-state index contributed by atoms with van der Waals surface area (Å²) in [6, 6.07) is 8.55. The molecule has 18 heavy (non-hydrogen) atoms. The number of fused-ring (bicyclic) bond motifs is 3. The Hall–Kier alpha value is -1.77. The molecule has 94 valence electrons. The van der Waals surface area contributed by atoms with Gasteiger partial charge in [-0.15, -0.1) is 0 Å². The van der Waals surface area contributed by atoms with Crippen molar-refractivity contribution in [2.75, 3.05) is 6.54 Å². The third kappa shape index (κ3) is 1.54. The Morgan fingerprint density at radius 2 is 2.22 bits per heavy atom. The highest BCUT2D eigenvalue weighted by Gasteiger charge is 2.29. The van der Waals surface area contributed by atoms with Crippen molar-refractivity contribution in [2.45, 2.75) is 32.7 Å². The summed E-state index contributed by atoms with van der Waals surface area (Å²) in [5, 5.41) is 1.31. The first kappa shape index (κ1) is 11.3. The lowest BCUT2D eigenvalue weighted by Crippen LogP contribution is -2.38. The Bertz CT molecular complexity index is 600. The Kier molecular flexibility index (Phi) is 2.62. The molecule has 2 heterocycles. The molecule has 0 radical (unpaired) electrons. The number of nitrogens with zero attached hydrogens (tertiary/aromatic N) is 1. The summed E-state index contributed by atoms with van der Waals surface area (Å²) in [6.45, 7) is 4.87. The van der Waals surface area contributed by atoms with E-state index in [0.29, 0.717) is 6.42 Å². The van der Waals surface area contributed by atoms with Gasteiger partial charge in [0.2, 0.25) is 5.91 Å². The molecule has 1 atom stereocenters. The van der Waals surface area contributed by atoms with Crippen LogP contribution in [0.15, 0.2) is 24.3 Å². The molecule has 0 spiro atoms. The molecule has 0 unspecified atom stereocenters. The van der Waals surface area contributed by atoms with Crippen LogP contribution in [0.25, 0.3) is 10.9 Å². The summed E-state index contributed by atoms with van der Waals surface area (Å²) in [5.41, 5.74) is 3.78. The SMILES string of the molecule is CCC(=O)N1CCc2c([nH]c3ccccc23)[C@H]1C. The van der Waals surface area contributed by atoms with Crippen LogP contribution in [0.1, 0.15) is 37.6 Å². The number of hydrogen-bond acceptors (Lipinski definition) is 1. The second-order valence-corrected chi connectivity index (χ2v) is 4.93. The van der Waals surface area contributed by atoms with Crippen LogP contribution in [0.3, 0.4) is 0 Å². The van der Waals surface area contributed by atoms with E-state index in [2.05, 4.69) is 30.1 Å².